The van der Waals surface area contributed by atoms with Crippen LogP contribution in [0.1, 0.15) is 25.0 Å². The van der Waals surface area contributed by atoms with Crippen molar-refractivity contribution in [3.8, 4) is 0 Å². The van der Waals surface area contributed by atoms with Gasteiger partial charge in [0.15, 0.2) is 0 Å². The molecule has 2 aliphatic rings. The third kappa shape index (κ3) is 2.70. The molecule has 1 aromatic heterocycles. The van der Waals surface area contributed by atoms with E-state index in [9.17, 15) is 0 Å². The van der Waals surface area contributed by atoms with Crippen molar-refractivity contribution in [2.75, 3.05) is 19.6 Å². The Kier molecular flexibility index (Phi) is 3.43. The average molecular weight is 284 g/mol. The van der Waals surface area contributed by atoms with Crippen molar-refractivity contribution in [1.82, 2.24) is 20.0 Å². The standard InChI is InChI=1S/C17H24N4/c1-20-17-5-3-2-4-15(17)16(19-20)11-18-10-13-8-9-21(12-13)14-6-7-14/h2-5,13-14,18H,6-12H2,1H3. The Morgan fingerprint density at radius 2 is 2.10 bits per heavy atom. The van der Waals surface area contributed by atoms with Gasteiger partial charge in [0.25, 0.3) is 0 Å². The van der Waals surface area contributed by atoms with Gasteiger partial charge < -0.3 is 10.2 Å². The fraction of sp³-hybridized carbons (Fsp3) is 0.588. The lowest BCUT2D eigenvalue weighted by Gasteiger charge is -2.14. The van der Waals surface area contributed by atoms with Crippen LogP contribution < -0.4 is 5.32 Å². The maximum absolute atomic E-state index is 4.65. The van der Waals surface area contributed by atoms with E-state index in [0.717, 1.165) is 25.0 Å². The quantitative estimate of drug-likeness (QED) is 0.913. The van der Waals surface area contributed by atoms with Gasteiger partial charge >= 0.3 is 0 Å². The van der Waals surface area contributed by atoms with E-state index in [0.29, 0.717) is 0 Å². The van der Waals surface area contributed by atoms with Gasteiger partial charge in [0.05, 0.1) is 11.2 Å². The Hall–Kier alpha value is -1.39. The minimum Gasteiger partial charge on any atom is -0.311 e. The van der Waals surface area contributed by atoms with Crippen LogP contribution in [-0.4, -0.2) is 40.4 Å². The molecular weight excluding hydrogens is 260 g/mol. The smallest absolute Gasteiger partial charge is 0.0841 e. The van der Waals surface area contributed by atoms with Gasteiger partial charge in [0.2, 0.25) is 0 Å². The number of aryl methyl sites for hydroxylation is 1. The van der Waals surface area contributed by atoms with E-state index in [1.807, 2.05) is 11.7 Å². The zero-order valence-corrected chi connectivity index (χ0v) is 12.8. The third-order valence-electron chi connectivity index (χ3n) is 4.94. The predicted octanol–water partition coefficient (Wildman–Crippen LogP) is 2.15. The van der Waals surface area contributed by atoms with Crippen molar-refractivity contribution in [1.29, 1.82) is 0 Å². The number of benzene rings is 1. The summed E-state index contributed by atoms with van der Waals surface area (Å²) in [6.07, 6.45) is 4.21. The first-order valence-electron chi connectivity index (χ1n) is 8.16. The summed E-state index contributed by atoms with van der Waals surface area (Å²) in [5.41, 5.74) is 2.39. The normalized spacial score (nSPS) is 23.2. The van der Waals surface area contributed by atoms with E-state index < -0.39 is 0 Å². The first-order valence-corrected chi connectivity index (χ1v) is 8.16. The first-order chi connectivity index (χ1) is 10.3. The summed E-state index contributed by atoms with van der Waals surface area (Å²) in [4.78, 5) is 2.68. The molecule has 2 fully saturated rings. The van der Waals surface area contributed by atoms with Crippen LogP contribution in [0.25, 0.3) is 10.9 Å². The molecule has 2 heterocycles. The number of nitrogens with one attached hydrogen (secondary N) is 1. The fourth-order valence-corrected chi connectivity index (χ4v) is 3.61. The lowest BCUT2D eigenvalue weighted by atomic mass is 10.1. The van der Waals surface area contributed by atoms with Crippen LogP contribution in [0.3, 0.4) is 0 Å². The summed E-state index contributed by atoms with van der Waals surface area (Å²) in [5.74, 6) is 0.820. The molecule has 4 heteroatoms. The number of para-hydroxylation sites is 1. The number of hydrogen-bond acceptors (Lipinski definition) is 3. The van der Waals surface area contributed by atoms with Crippen LogP contribution >= 0.6 is 0 Å². The Labute approximate surface area is 126 Å². The molecule has 4 rings (SSSR count). The molecule has 1 saturated heterocycles. The van der Waals surface area contributed by atoms with Crippen LogP contribution in [0.2, 0.25) is 0 Å². The van der Waals surface area contributed by atoms with Crippen molar-refractivity contribution < 1.29 is 0 Å². The minimum atomic E-state index is 0.820. The number of rotatable bonds is 5. The minimum absolute atomic E-state index is 0.820. The van der Waals surface area contributed by atoms with Gasteiger partial charge in [-0.2, -0.15) is 5.10 Å². The lowest BCUT2D eigenvalue weighted by molar-refractivity contribution is 0.311. The van der Waals surface area contributed by atoms with E-state index in [2.05, 4.69) is 39.6 Å². The zero-order valence-electron chi connectivity index (χ0n) is 12.8. The largest absolute Gasteiger partial charge is 0.311 e. The second kappa shape index (κ2) is 5.43. The summed E-state index contributed by atoms with van der Waals surface area (Å²) in [6.45, 7) is 4.60. The molecule has 1 aliphatic carbocycles. The molecule has 1 saturated carbocycles. The van der Waals surface area contributed by atoms with Gasteiger partial charge in [-0.1, -0.05) is 18.2 Å². The van der Waals surface area contributed by atoms with E-state index in [1.165, 1.54) is 48.9 Å². The van der Waals surface area contributed by atoms with Crippen LogP contribution in [-0.2, 0) is 13.6 Å². The Bertz CT molecular complexity index is 629. The van der Waals surface area contributed by atoms with Gasteiger partial charge in [-0.3, -0.25) is 4.68 Å². The van der Waals surface area contributed by atoms with E-state index >= 15 is 0 Å². The van der Waals surface area contributed by atoms with E-state index in [4.69, 9.17) is 0 Å². The number of likely N-dealkylation sites (tertiary alicyclic amines) is 1. The van der Waals surface area contributed by atoms with Crippen LogP contribution in [0.5, 0.6) is 0 Å². The Balaban J connectivity index is 1.34. The van der Waals surface area contributed by atoms with Crippen molar-refractivity contribution in [2.24, 2.45) is 13.0 Å². The molecule has 0 amide bonds. The van der Waals surface area contributed by atoms with Gasteiger partial charge in [0, 0.05) is 31.6 Å². The molecule has 1 N–H and O–H groups in total. The van der Waals surface area contributed by atoms with Gasteiger partial charge in [-0.15, -0.1) is 0 Å². The zero-order chi connectivity index (χ0) is 14.2. The summed E-state index contributed by atoms with van der Waals surface area (Å²) in [7, 11) is 2.02. The molecule has 4 nitrogen and oxygen atoms in total. The predicted molar refractivity (Wildman–Crippen MR) is 85.1 cm³/mol. The third-order valence-corrected chi connectivity index (χ3v) is 4.94. The Morgan fingerprint density at radius 1 is 1.24 bits per heavy atom. The summed E-state index contributed by atoms with van der Waals surface area (Å²) >= 11 is 0. The van der Waals surface area contributed by atoms with Crippen molar-refractivity contribution in [3.63, 3.8) is 0 Å². The number of fused-ring (bicyclic) bond motifs is 1. The SMILES string of the molecule is Cn1nc(CNCC2CCN(C3CC3)C2)c2ccccc21. The molecule has 1 atom stereocenters. The highest BCUT2D eigenvalue weighted by molar-refractivity contribution is 5.81. The molecule has 0 spiro atoms. The molecule has 2 aromatic rings. The molecule has 0 radical (unpaired) electrons. The van der Waals surface area contributed by atoms with Crippen molar-refractivity contribution in [2.45, 2.75) is 31.8 Å². The average Bonchev–Trinajstić information content (AvgIpc) is 3.17. The highest BCUT2D eigenvalue weighted by atomic mass is 15.3. The summed E-state index contributed by atoms with van der Waals surface area (Å²) in [6, 6.07) is 9.40. The maximum atomic E-state index is 4.65. The van der Waals surface area contributed by atoms with E-state index in [-0.39, 0.29) is 0 Å². The Morgan fingerprint density at radius 3 is 2.95 bits per heavy atom. The highest BCUT2D eigenvalue weighted by Crippen LogP contribution is 2.31. The van der Waals surface area contributed by atoms with Gasteiger partial charge in [0.1, 0.15) is 0 Å². The van der Waals surface area contributed by atoms with Crippen LogP contribution in [0.15, 0.2) is 24.3 Å². The summed E-state index contributed by atoms with van der Waals surface area (Å²) in [5, 5.41) is 9.55. The molecule has 21 heavy (non-hydrogen) atoms. The monoisotopic (exact) mass is 284 g/mol. The molecular formula is C17H24N4. The summed E-state index contributed by atoms with van der Waals surface area (Å²) < 4.78 is 1.98. The topological polar surface area (TPSA) is 33.1 Å². The van der Waals surface area contributed by atoms with Gasteiger partial charge in [-0.05, 0) is 44.3 Å². The van der Waals surface area contributed by atoms with Crippen molar-refractivity contribution in [3.05, 3.63) is 30.0 Å². The highest BCUT2D eigenvalue weighted by Gasteiger charge is 2.33. The fourth-order valence-electron chi connectivity index (χ4n) is 3.61. The maximum Gasteiger partial charge on any atom is 0.0841 e. The molecule has 1 aliphatic heterocycles. The second-order valence-corrected chi connectivity index (χ2v) is 6.60. The number of aromatic nitrogens is 2. The molecule has 1 unspecified atom stereocenters. The molecule has 112 valence electrons. The number of nitrogens with zero attached hydrogens (tertiary/aromatic N) is 3. The van der Waals surface area contributed by atoms with E-state index in [1.54, 1.807) is 0 Å². The van der Waals surface area contributed by atoms with Crippen molar-refractivity contribution >= 4 is 10.9 Å². The molecule has 1 aromatic carbocycles. The van der Waals surface area contributed by atoms with Crippen LogP contribution in [0, 0.1) is 5.92 Å². The van der Waals surface area contributed by atoms with Crippen LogP contribution in [0.4, 0.5) is 0 Å². The first kappa shape index (κ1) is 13.3. The number of hydrogen-bond donors (Lipinski definition) is 1. The lowest BCUT2D eigenvalue weighted by Crippen LogP contribution is -2.27. The molecule has 0 bridgehead atoms. The second-order valence-electron chi connectivity index (χ2n) is 6.60. The van der Waals surface area contributed by atoms with Gasteiger partial charge in [-0.25, -0.2) is 0 Å².